The summed E-state index contributed by atoms with van der Waals surface area (Å²) in [6.45, 7) is 3.50. The van der Waals surface area contributed by atoms with Crippen LogP contribution in [0.3, 0.4) is 0 Å². The highest BCUT2D eigenvalue weighted by atomic mass is 35.5. The second-order valence-electron chi connectivity index (χ2n) is 5.87. The number of carbonyl (C=O) groups excluding carboxylic acids is 2. The van der Waals surface area contributed by atoms with Gasteiger partial charge in [-0.1, -0.05) is 35.3 Å². The Hall–Kier alpha value is -3.01. The van der Waals surface area contributed by atoms with Gasteiger partial charge in [-0.2, -0.15) is 5.26 Å². The average Bonchev–Trinajstić information content (AvgIpc) is 2.68. The van der Waals surface area contributed by atoms with Crippen LogP contribution >= 0.6 is 23.2 Å². The highest BCUT2D eigenvalue weighted by Crippen LogP contribution is 2.27. The first-order chi connectivity index (χ1) is 13.8. The van der Waals surface area contributed by atoms with Gasteiger partial charge in [-0.25, -0.2) is 4.79 Å². The van der Waals surface area contributed by atoms with Crippen LogP contribution in [0.2, 0.25) is 10.0 Å². The SMILES string of the molecule is CCOC(=O)COc1ccc(/C=C(\C#N)C(=O)Nc2cc(Cl)ccc2C)cc1Cl. The van der Waals surface area contributed by atoms with E-state index in [-0.39, 0.29) is 29.6 Å². The quantitative estimate of drug-likeness (QED) is 0.385. The average molecular weight is 433 g/mol. The van der Waals surface area contributed by atoms with E-state index >= 15 is 0 Å². The van der Waals surface area contributed by atoms with Crippen LogP contribution in [0.25, 0.3) is 6.08 Å². The molecule has 0 saturated carbocycles. The zero-order valence-electron chi connectivity index (χ0n) is 15.8. The van der Waals surface area contributed by atoms with E-state index in [1.807, 2.05) is 13.0 Å². The standard InChI is InChI=1S/C21H18Cl2N2O4/c1-3-28-20(26)12-29-19-7-5-14(9-17(19)23)8-15(11-24)21(27)25-18-10-16(22)6-4-13(18)2/h4-10H,3,12H2,1-2H3,(H,25,27)/b15-8+. The van der Waals surface area contributed by atoms with Crippen molar-refractivity contribution < 1.29 is 19.1 Å². The zero-order chi connectivity index (χ0) is 21.4. The maximum absolute atomic E-state index is 12.4. The van der Waals surface area contributed by atoms with Crippen molar-refractivity contribution >= 4 is 46.8 Å². The predicted octanol–water partition coefficient (Wildman–Crippen LogP) is 4.79. The molecule has 0 aromatic heterocycles. The minimum Gasteiger partial charge on any atom is -0.480 e. The third-order valence-corrected chi connectivity index (χ3v) is 4.26. The van der Waals surface area contributed by atoms with E-state index in [9.17, 15) is 14.9 Å². The number of aryl methyl sites for hydroxylation is 1. The van der Waals surface area contributed by atoms with E-state index in [4.69, 9.17) is 32.7 Å². The van der Waals surface area contributed by atoms with Gasteiger partial charge in [-0.3, -0.25) is 4.79 Å². The number of anilines is 1. The van der Waals surface area contributed by atoms with Gasteiger partial charge in [-0.15, -0.1) is 0 Å². The van der Waals surface area contributed by atoms with E-state index in [0.717, 1.165) is 5.56 Å². The van der Waals surface area contributed by atoms with E-state index in [2.05, 4.69) is 5.32 Å². The fourth-order valence-corrected chi connectivity index (χ4v) is 2.71. The van der Waals surface area contributed by atoms with Crippen LogP contribution in [0.5, 0.6) is 5.75 Å². The molecule has 2 rings (SSSR count). The van der Waals surface area contributed by atoms with Gasteiger partial charge in [0, 0.05) is 10.7 Å². The maximum atomic E-state index is 12.4. The first-order valence-corrected chi connectivity index (χ1v) is 9.37. The predicted molar refractivity (Wildman–Crippen MR) is 112 cm³/mol. The normalized spacial score (nSPS) is 10.8. The lowest BCUT2D eigenvalue weighted by atomic mass is 10.1. The van der Waals surface area contributed by atoms with E-state index in [1.54, 1.807) is 37.3 Å². The second-order valence-corrected chi connectivity index (χ2v) is 6.71. The van der Waals surface area contributed by atoms with Gasteiger partial charge in [0.25, 0.3) is 5.91 Å². The molecule has 29 heavy (non-hydrogen) atoms. The minimum absolute atomic E-state index is 0.111. The molecule has 2 aromatic carbocycles. The van der Waals surface area contributed by atoms with Gasteiger partial charge in [0.05, 0.1) is 11.6 Å². The molecule has 0 bridgehead atoms. The molecular formula is C21H18Cl2N2O4. The number of hydrogen-bond donors (Lipinski definition) is 1. The number of nitrogens with zero attached hydrogens (tertiary/aromatic N) is 1. The monoisotopic (exact) mass is 432 g/mol. The van der Waals surface area contributed by atoms with Gasteiger partial charge < -0.3 is 14.8 Å². The molecule has 0 unspecified atom stereocenters. The smallest absolute Gasteiger partial charge is 0.344 e. The molecule has 0 saturated heterocycles. The summed E-state index contributed by atoms with van der Waals surface area (Å²) in [7, 11) is 0. The number of benzene rings is 2. The number of carbonyl (C=O) groups is 2. The first-order valence-electron chi connectivity index (χ1n) is 8.61. The van der Waals surface area contributed by atoms with Crippen LogP contribution in [-0.2, 0) is 14.3 Å². The van der Waals surface area contributed by atoms with Crippen molar-refractivity contribution in [1.82, 2.24) is 0 Å². The van der Waals surface area contributed by atoms with Gasteiger partial charge in [0.15, 0.2) is 6.61 Å². The van der Waals surface area contributed by atoms with Gasteiger partial charge >= 0.3 is 5.97 Å². The Balaban J connectivity index is 2.14. The summed E-state index contributed by atoms with van der Waals surface area (Å²) < 4.78 is 10.1. The molecule has 6 nitrogen and oxygen atoms in total. The molecule has 0 radical (unpaired) electrons. The van der Waals surface area contributed by atoms with Crippen LogP contribution in [0.4, 0.5) is 5.69 Å². The number of nitrogens with one attached hydrogen (secondary N) is 1. The summed E-state index contributed by atoms with van der Waals surface area (Å²) in [6.07, 6.45) is 1.40. The number of ether oxygens (including phenoxy) is 2. The Morgan fingerprint density at radius 3 is 2.62 bits per heavy atom. The van der Waals surface area contributed by atoms with Crippen molar-refractivity contribution in [3.8, 4) is 11.8 Å². The molecule has 0 aliphatic rings. The zero-order valence-corrected chi connectivity index (χ0v) is 17.3. The van der Waals surface area contributed by atoms with E-state index in [0.29, 0.717) is 16.3 Å². The van der Waals surface area contributed by atoms with E-state index < -0.39 is 11.9 Å². The van der Waals surface area contributed by atoms with Gasteiger partial charge in [0.1, 0.15) is 17.4 Å². The third-order valence-electron chi connectivity index (χ3n) is 3.73. The number of esters is 1. The van der Waals surface area contributed by atoms with Crippen LogP contribution < -0.4 is 10.1 Å². The Labute approximate surface area is 178 Å². The molecule has 1 amide bonds. The molecule has 8 heteroatoms. The van der Waals surface area contributed by atoms with Crippen molar-refractivity contribution in [2.45, 2.75) is 13.8 Å². The summed E-state index contributed by atoms with van der Waals surface area (Å²) in [6, 6.07) is 11.6. The summed E-state index contributed by atoms with van der Waals surface area (Å²) in [4.78, 5) is 23.8. The number of rotatable bonds is 7. The number of halogens is 2. The summed E-state index contributed by atoms with van der Waals surface area (Å²) in [5.41, 5.74) is 1.74. The fraction of sp³-hybridized carbons (Fsp3) is 0.190. The maximum Gasteiger partial charge on any atom is 0.344 e. The van der Waals surface area contributed by atoms with Crippen molar-refractivity contribution in [1.29, 1.82) is 5.26 Å². The Bertz CT molecular complexity index is 997. The molecule has 0 aliphatic heterocycles. The van der Waals surface area contributed by atoms with Crippen LogP contribution in [0, 0.1) is 18.3 Å². The largest absolute Gasteiger partial charge is 0.480 e. The third kappa shape index (κ3) is 6.53. The van der Waals surface area contributed by atoms with Crippen LogP contribution in [-0.4, -0.2) is 25.1 Å². The highest BCUT2D eigenvalue weighted by molar-refractivity contribution is 6.32. The Morgan fingerprint density at radius 1 is 1.21 bits per heavy atom. The minimum atomic E-state index is -0.573. The lowest BCUT2D eigenvalue weighted by molar-refractivity contribution is -0.145. The lowest BCUT2D eigenvalue weighted by Crippen LogP contribution is -2.15. The van der Waals surface area contributed by atoms with Gasteiger partial charge in [-0.05, 0) is 55.3 Å². The second kappa shape index (κ2) is 10.5. The van der Waals surface area contributed by atoms with Crippen LogP contribution in [0.1, 0.15) is 18.1 Å². The molecule has 0 aliphatic carbocycles. The lowest BCUT2D eigenvalue weighted by Gasteiger charge is -2.09. The van der Waals surface area contributed by atoms with Crippen molar-refractivity contribution in [3.63, 3.8) is 0 Å². The molecule has 2 aromatic rings. The number of amides is 1. The first kappa shape index (κ1) is 22.3. The van der Waals surface area contributed by atoms with Crippen LogP contribution in [0.15, 0.2) is 42.0 Å². The molecule has 0 fully saturated rings. The molecule has 0 atom stereocenters. The Kier molecular flexibility index (Phi) is 8.08. The number of hydrogen-bond acceptors (Lipinski definition) is 5. The molecule has 150 valence electrons. The Morgan fingerprint density at radius 2 is 1.97 bits per heavy atom. The highest BCUT2D eigenvalue weighted by Gasteiger charge is 2.12. The number of nitriles is 1. The fourth-order valence-electron chi connectivity index (χ4n) is 2.30. The molecular weight excluding hydrogens is 415 g/mol. The summed E-state index contributed by atoms with van der Waals surface area (Å²) in [5.74, 6) is -0.793. The summed E-state index contributed by atoms with van der Waals surface area (Å²) in [5, 5.41) is 12.7. The van der Waals surface area contributed by atoms with Crippen molar-refractivity contribution in [3.05, 3.63) is 63.1 Å². The molecule has 0 heterocycles. The summed E-state index contributed by atoms with van der Waals surface area (Å²) >= 11 is 12.1. The van der Waals surface area contributed by atoms with Gasteiger partial charge in [0.2, 0.25) is 0 Å². The van der Waals surface area contributed by atoms with Crippen molar-refractivity contribution in [2.24, 2.45) is 0 Å². The molecule has 1 N–H and O–H groups in total. The topological polar surface area (TPSA) is 88.4 Å². The molecule has 0 spiro atoms. The van der Waals surface area contributed by atoms with E-state index in [1.165, 1.54) is 12.1 Å². The van der Waals surface area contributed by atoms with Crippen molar-refractivity contribution in [2.75, 3.05) is 18.5 Å².